The van der Waals surface area contributed by atoms with E-state index in [0.717, 1.165) is 0 Å². The molecule has 0 aliphatic rings. The molecule has 8 heteroatoms. The first-order valence-corrected chi connectivity index (χ1v) is 6.15. The van der Waals surface area contributed by atoms with Crippen LogP contribution in [0.25, 0.3) is 0 Å². The minimum Gasteiger partial charge on any atom is -0.871 e. The van der Waals surface area contributed by atoms with E-state index < -0.39 is 0 Å². The van der Waals surface area contributed by atoms with Crippen LogP contribution in [0.5, 0.6) is 11.5 Å². The van der Waals surface area contributed by atoms with Gasteiger partial charge in [-0.1, -0.05) is 70.0 Å². The Morgan fingerprint density at radius 3 is 1.10 bits per heavy atom. The molecular weight excluding hydrogens is 332 g/mol. The summed E-state index contributed by atoms with van der Waals surface area (Å²) in [6.07, 6.45) is 0. The summed E-state index contributed by atoms with van der Waals surface area (Å²) >= 11 is 21.8. The smallest absolute Gasteiger partial charge is 0.871 e. The van der Waals surface area contributed by atoms with Crippen molar-refractivity contribution in [1.82, 2.24) is 0 Å². The summed E-state index contributed by atoms with van der Waals surface area (Å²) in [7, 11) is 0. The van der Waals surface area contributed by atoms with Gasteiger partial charge in [0.1, 0.15) is 0 Å². The van der Waals surface area contributed by atoms with Crippen LogP contribution in [0, 0.1) is 0 Å². The first-order valence-electron chi connectivity index (χ1n) is 4.64. The van der Waals surface area contributed by atoms with E-state index in [-0.39, 0.29) is 59.3 Å². The standard InChI is InChI=1S/2C6H4Cl2O.2Li/c2*7-4-1-2-6(9)5(8)3-4;;/h2*1-3,9H;;/q;;2*+1/p-2. The SMILES string of the molecule is [Li+].[Li+].[O-]c1ccc(Cl)cc1Cl.[O-]c1ccc(Cl)cc1Cl. The Labute approximate surface area is 161 Å². The molecule has 0 unspecified atom stereocenters. The average Bonchev–Trinajstić information content (AvgIpc) is 2.30. The topological polar surface area (TPSA) is 46.1 Å². The molecule has 0 amide bonds. The van der Waals surface area contributed by atoms with Crippen LogP contribution in [0.15, 0.2) is 36.4 Å². The van der Waals surface area contributed by atoms with E-state index in [0.29, 0.717) is 10.0 Å². The van der Waals surface area contributed by atoms with Crippen molar-refractivity contribution in [3.8, 4) is 11.5 Å². The van der Waals surface area contributed by atoms with Gasteiger partial charge in [0, 0.05) is 20.1 Å². The van der Waals surface area contributed by atoms with Crippen molar-refractivity contribution in [1.29, 1.82) is 0 Å². The maximum Gasteiger partial charge on any atom is 1.00 e. The third-order valence-electron chi connectivity index (χ3n) is 1.79. The van der Waals surface area contributed by atoms with Crippen LogP contribution in [-0.2, 0) is 0 Å². The third kappa shape index (κ3) is 7.99. The van der Waals surface area contributed by atoms with Crippen LogP contribution < -0.4 is 47.9 Å². The first kappa shape index (κ1) is 22.7. The van der Waals surface area contributed by atoms with E-state index in [1.165, 1.54) is 36.4 Å². The van der Waals surface area contributed by atoms with Gasteiger partial charge in [-0.05, 0) is 24.3 Å². The van der Waals surface area contributed by atoms with Crippen molar-refractivity contribution < 1.29 is 47.9 Å². The van der Waals surface area contributed by atoms with Gasteiger partial charge in [-0.15, -0.1) is 0 Å². The Kier molecular flexibility index (Phi) is 12.5. The Balaban J connectivity index is 0. The molecule has 0 aliphatic heterocycles. The van der Waals surface area contributed by atoms with Gasteiger partial charge in [0.15, 0.2) is 0 Å². The summed E-state index contributed by atoms with van der Waals surface area (Å²) in [5.41, 5.74) is 0. The number of rotatable bonds is 0. The Morgan fingerprint density at radius 2 is 0.900 bits per heavy atom. The molecule has 2 nitrogen and oxygen atoms in total. The predicted octanol–water partition coefficient (Wildman–Crippen LogP) is -1.86. The second kappa shape index (κ2) is 11.0. The fraction of sp³-hybridized carbons (Fsp3) is 0. The van der Waals surface area contributed by atoms with Crippen LogP contribution in [-0.4, -0.2) is 0 Å². The zero-order chi connectivity index (χ0) is 13.7. The van der Waals surface area contributed by atoms with Gasteiger partial charge in [0.05, 0.1) is 0 Å². The van der Waals surface area contributed by atoms with Gasteiger partial charge in [-0.25, -0.2) is 0 Å². The maximum absolute atomic E-state index is 10.6. The molecule has 0 N–H and O–H groups in total. The van der Waals surface area contributed by atoms with E-state index in [1.54, 1.807) is 0 Å². The molecule has 2 aromatic carbocycles. The van der Waals surface area contributed by atoms with Crippen molar-refractivity contribution in [2.24, 2.45) is 0 Å². The van der Waals surface area contributed by atoms with Crippen molar-refractivity contribution in [3.63, 3.8) is 0 Å². The van der Waals surface area contributed by atoms with Gasteiger partial charge in [-0.3, -0.25) is 0 Å². The van der Waals surface area contributed by atoms with Crippen molar-refractivity contribution in [2.75, 3.05) is 0 Å². The fourth-order valence-corrected chi connectivity index (χ4v) is 1.77. The minimum atomic E-state index is -0.193. The van der Waals surface area contributed by atoms with Crippen LogP contribution in [0.2, 0.25) is 20.1 Å². The molecule has 0 radical (unpaired) electrons. The number of benzene rings is 2. The van der Waals surface area contributed by atoms with Gasteiger partial charge in [-0.2, -0.15) is 0 Å². The van der Waals surface area contributed by atoms with Crippen LogP contribution >= 0.6 is 46.4 Å². The summed E-state index contributed by atoms with van der Waals surface area (Å²) < 4.78 is 0. The predicted molar refractivity (Wildman–Crippen MR) is 71.8 cm³/mol. The molecule has 96 valence electrons. The maximum atomic E-state index is 10.6. The van der Waals surface area contributed by atoms with E-state index >= 15 is 0 Å². The van der Waals surface area contributed by atoms with Crippen LogP contribution in [0.4, 0.5) is 0 Å². The largest absolute Gasteiger partial charge is 1.00 e. The fourth-order valence-electron chi connectivity index (χ4n) is 0.950. The molecule has 0 saturated carbocycles. The quantitative estimate of drug-likeness (QED) is 0.529. The van der Waals surface area contributed by atoms with Crippen LogP contribution in [0.3, 0.4) is 0 Å². The second-order valence-corrected chi connectivity index (χ2v) is 4.84. The summed E-state index contributed by atoms with van der Waals surface area (Å²) in [5.74, 6) is -0.387. The molecule has 0 atom stereocenters. The zero-order valence-electron chi connectivity index (χ0n) is 10.8. The second-order valence-electron chi connectivity index (χ2n) is 3.15. The number of hydrogen-bond donors (Lipinski definition) is 0. The van der Waals surface area contributed by atoms with E-state index in [9.17, 15) is 10.2 Å². The molecule has 0 bridgehead atoms. The molecule has 2 rings (SSSR count). The number of hydrogen-bond acceptors (Lipinski definition) is 2. The van der Waals surface area contributed by atoms with E-state index in [1.807, 2.05) is 0 Å². The normalized spacial score (nSPS) is 8.60. The summed E-state index contributed by atoms with van der Waals surface area (Å²) in [5, 5.41) is 22.5. The van der Waals surface area contributed by atoms with Gasteiger partial charge in [0.25, 0.3) is 0 Å². The number of halogens is 4. The van der Waals surface area contributed by atoms with Crippen molar-refractivity contribution in [3.05, 3.63) is 56.5 Å². The first-order chi connectivity index (χ1) is 8.40. The Bertz CT molecular complexity index is 503. The molecule has 0 aliphatic carbocycles. The monoisotopic (exact) mass is 336 g/mol. The average molecular weight is 338 g/mol. The summed E-state index contributed by atoms with van der Waals surface area (Å²) in [6.45, 7) is 0. The van der Waals surface area contributed by atoms with Crippen molar-refractivity contribution in [2.45, 2.75) is 0 Å². The molecule has 0 aromatic heterocycles. The molecule has 20 heavy (non-hydrogen) atoms. The molecular formula is C12H6Cl4Li2O2. The summed E-state index contributed by atoms with van der Waals surface area (Å²) in [4.78, 5) is 0. The van der Waals surface area contributed by atoms with Crippen molar-refractivity contribution >= 4 is 46.4 Å². The molecule has 0 heterocycles. The Morgan fingerprint density at radius 1 is 0.600 bits per heavy atom. The van der Waals surface area contributed by atoms with Gasteiger partial charge in [0.2, 0.25) is 0 Å². The molecule has 0 fully saturated rings. The molecule has 0 saturated heterocycles. The van der Waals surface area contributed by atoms with Crippen LogP contribution in [0.1, 0.15) is 0 Å². The van der Waals surface area contributed by atoms with E-state index in [2.05, 4.69) is 0 Å². The van der Waals surface area contributed by atoms with Gasteiger partial charge >= 0.3 is 37.7 Å². The third-order valence-corrected chi connectivity index (χ3v) is 2.85. The zero-order valence-corrected chi connectivity index (χ0v) is 13.8. The van der Waals surface area contributed by atoms with E-state index in [4.69, 9.17) is 46.4 Å². The molecule has 0 spiro atoms. The van der Waals surface area contributed by atoms with Gasteiger partial charge < -0.3 is 10.2 Å². The molecule has 2 aromatic rings. The Hall–Kier alpha value is 0.395. The summed E-state index contributed by atoms with van der Waals surface area (Å²) in [6, 6.07) is 8.54. The minimum absolute atomic E-state index is 0.